The van der Waals surface area contributed by atoms with Crippen LogP contribution < -0.4 is 15.6 Å². The molecule has 0 atom stereocenters. The van der Waals surface area contributed by atoms with E-state index in [2.05, 4.69) is 10.4 Å². The number of aryl methyl sites for hydroxylation is 3. The van der Waals surface area contributed by atoms with Crippen molar-refractivity contribution in [2.45, 2.75) is 20.3 Å². The fourth-order valence-corrected chi connectivity index (χ4v) is 3.09. The van der Waals surface area contributed by atoms with E-state index in [0.717, 1.165) is 16.9 Å². The molecule has 0 fully saturated rings. The summed E-state index contributed by atoms with van der Waals surface area (Å²) in [5.41, 5.74) is 2.56. The molecule has 6 nitrogen and oxygen atoms in total. The molecule has 140 valence electrons. The fourth-order valence-electron chi connectivity index (χ4n) is 3.09. The second kappa shape index (κ2) is 8.03. The first-order chi connectivity index (χ1) is 13.0. The Morgan fingerprint density at radius 3 is 2.44 bits per heavy atom. The zero-order chi connectivity index (χ0) is 19.4. The van der Waals surface area contributed by atoms with Crippen molar-refractivity contribution in [1.82, 2.24) is 15.1 Å². The second-order valence-corrected chi connectivity index (χ2v) is 6.52. The summed E-state index contributed by atoms with van der Waals surface area (Å²) in [4.78, 5) is 24.5. The number of carbonyl (C=O) groups excluding carboxylic acids is 1. The standard InChI is InChI=1S/C21H23N3O3/c1-14-7-6-8-15(2)20(14)27-12-11-22-19(25)13-18-16-9-4-5-10-17(16)21(26)24(3)23-18/h4-10H,11-13H2,1-3H3,(H,22,25). The van der Waals surface area contributed by atoms with E-state index in [1.807, 2.05) is 44.2 Å². The number of para-hydroxylation sites is 1. The molecule has 1 amide bonds. The van der Waals surface area contributed by atoms with E-state index in [-0.39, 0.29) is 17.9 Å². The van der Waals surface area contributed by atoms with Gasteiger partial charge >= 0.3 is 0 Å². The highest BCUT2D eigenvalue weighted by Crippen LogP contribution is 2.21. The van der Waals surface area contributed by atoms with Gasteiger partial charge in [-0.05, 0) is 31.0 Å². The Balaban J connectivity index is 1.61. The van der Waals surface area contributed by atoms with Gasteiger partial charge in [-0.15, -0.1) is 0 Å². The maximum Gasteiger partial charge on any atom is 0.274 e. The van der Waals surface area contributed by atoms with Crippen LogP contribution in [0.3, 0.4) is 0 Å². The lowest BCUT2D eigenvalue weighted by molar-refractivity contribution is -0.120. The van der Waals surface area contributed by atoms with E-state index in [1.165, 1.54) is 4.68 Å². The summed E-state index contributed by atoms with van der Waals surface area (Å²) < 4.78 is 7.07. The lowest BCUT2D eigenvalue weighted by Crippen LogP contribution is -2.31. The highest BCUT2D eigenvalue weighted by molar-refractivity contribution is 5.88. The average molecular weight is 365 g/mol. The first kappa shape index (κ1) is 18.6. The zero-order valence-electron chi connectivity index (χ0n) is 15.8. The fraction of sp³-hybridized carbons (Fsp3) is 0.286. The Hall–Kier alpha value is -3.15. The zero-order valence-corrected chi connectivity index (χ0v) is 15.8. The SMILES string of the molecule is Cc1cccc(C)c1OCCNC(=O)Cc1nn(C)c(=O)c2ccccc12. The van der Waals surface area contributed by atoms with Crippen molar-refractivity contribution in [3.05, 3.63) is 69.6 Å². The van der Waals surface area contributed by atoms with E-state index in [1.54, 1.807) is 19.2 Å². The summed E-state index contributed by atoms with van der Waals surface area (Å²) in [6, 6.07) is 13.2. The first-order valence-electron chi connectivity index (χ1n) is 8.88. The number of amides is 1. The quantitative estimate of drug-likeness (QED) is 0.680. The molecule has 0 unspecified atom stereocenters. The minimum Gasteiger partial charge on any atom is -0.491 e. The average Bonchev–Trinajstić information content (AvgIpc) is 2.65. The maximum atomic E-state index is 12.3. The number of aromatic nitrogens is 2. The second-order valence-electron chi connectivity index (χ2n) is 6.52. The topological polar surface area (TPSA) is 73.2 Å². The van der Waals surface area contributed by atoms with Crippen LogP contribution in [0, 0.1) is 13.8 Å². The molecule has 0 radical (unpaired) electrons. The number of ether oxygens (including phenoxy) is 1. The normalized spacial score (nSPS) is 10.8. The van der Waals surface area contributed by atoms with Crippen LogP contribution in [0.15, 0.2) is 47.3 Å². The van der Waals surface area contributed by atoms with Gasteiger partial charge in [0.05, 0.1) is 24.0 Å². The van der Waals surface area contributed by atoms with Crippen molar-refractivity contribution >= 4 is 16.7 Å². The molecule has 0 aliphatic rings. The van der Waals surface area contributed by atoms with E-state index in [0.29, 0.717) is 29.6 Å². The summed E-state index contributed by atoms with van der Waals surface area (Å²) in [6.07, 6.45) is 0.109. The Kier molecular flexibility index (Phi) is 5.54. The number of nitrogens with one attached hydrogen (secondary N) is 1. The molecule has 27 heavy (non-hydrogen) atoms. The number of benzene rings is 2. The third-order valence-corrected chi connectivity index (χ3v) is 4.44. The molecule has 3 aromatic rings. The molecule has 1 aromatic heterocycles. The minimum atomic E-state index is -0.170. The molecule has 0 saturated heterocycles. The van der Waals surface area contributed by atoms with Gasteiger partial charge in [-0.25, -0.2) is 4.68 Å². The molecule has 6 heteroatoms. The van der Waals surface area contributed by atoms with Crippen LogP contribution >= 0.6 is 0 Å². The van der Waals surface area contributed by atoms with Crippen molar-refractivity contribution < 1.29 is 9.53 Å². The van der Waals surface area contributed by atoms with Gasteiger partial charge < -0.3 is 10.1 Å². The molecule has 2 aromatic carbocycles. The predicted octanol–water partition coefficient (Wildman–Crippen LogP) is 2.29. The summed E-state index contributed by atoms with van der Waals surface area (Å²) in [5, 5.41) is 8.38. The molecule has 0 aliphatic carbocycles. The lowest BCUT2D eigenvalue weighted by atomic mass is 10.1. The maximum absolute atomic E-state index is 12.3. The largest absolute Gasteiger partial charge is 0.491 e. The number of carbonyl (C=O) groups is 1. The van der Waals surface area contributed by atoms with E-state index >= 15 is 0 Å². The van der Waals surface area contributed by atoms with Gasteiger partial charge in [0.1, 0.15) is 12.4 Å². The van der Waals surface area contributed by atoms with Gasteiger partial charge in [0.25, 0.3) is 5.56 Å². The smallest absolute Gasteiger partial charge is 0.274 e. The Morgan fingerprint density at radius 2 is 1.74 bits per heavy atom. The number of rotatable bonds is 6. The monoisotopic (exact) mass is 365 g/mol. The molecule has 0 saturated carbocycles. The van der Waals surface area contributed by atoms with Crippen molar-refractivity contribution in [3.63, 3.8) is 0 Å². The number of hydrogen-bond acceptors (Lipinski definition) is 4. The van der Waals surface area contributed by atoms with Crippen LogP contribution in [0.5, 0.6) is 5.75 Å². The summed E-state index contributed by atoms with van der Waals surface area (Å²) >= 11 is 0. The van der Waals surface area contributed by atoms with Crippen molar-refractivity contribution in [1.29, 1.82) is 0 Å². The van der Waals surface area contributed by atoms with Crippen LogP contribution in [0.2, 0.25) is 0 Å². The first-order valence-corrected chi connectivity index (χ1v) is 8.88. The van der Waals surface area contributed by atoms with Crippen molar-refractivity contribution in [3.8, 4) is 5.75 Å². The van der Waals surface area contributed by atoms with Crippen LogP contribution in [0.25, 0.3) is 10.8 Å². The van der Waals surface area contributed by atoms with Crippen LogP contribution in [0.1, 0.15) is 16.8 Å². The molecule has 0 spiro atoms. The third-order valence-electron chi connectivity index (χ3n) is 4.44. The van der Waals surface area contributed by atoms with Gasteiger partial charge in [0.2, 0.25) is 5.91 Å². The molecular weight excluding hydrogens is 342 g/mol. The van der Waals surface area contributed by atoms with Gasteiger partial charge in [0, 0.05) is 12.4 Å². The molecule has 1 heterocycles. The molecule has 1 N–H and O–H groups in total. The van der Waals surface area contributed by atoms with E-state index < -0.39 is 0 Å². The van der Waals surface area contributed by atoms with Gasteiger partial charge in [-0.3, -0.25) is 9.59 Å². The lowest BCUT2D eigenvalue weighted by Gasteiger charge is -2.12. The Morgan fingerprint density at radius 1 is 1.07 bits per heavy atom. The van der Waals surface area contributed by atoms with Crippen molar-refractivity contribution in [2.75, 3.05) is 13.2 Å². The van der Waals surface area contributed by atoms with Gasteiger partial charge in [-0.1, -0.05) is 36.4 Å². The number of nitrogens with zero attached hydrogens (tertiary/aromatic N) is 2. The summed E-state index contributed by atoms with van der Waals surface area (Å²) in [5.74, 6) is 0.703. The summed E-state index contributed by atoms with van der Waals surface area (Å²) in [7, 11) is 1.59. The third kappa shape index (κ3) is 4.16. The minimum absolute atomic E-state index is 0.109. The van der Waals surface area contributed by atoms with E-state index in [9.17, 15) is 9.59 Å². The highest BCUT2D eigenvalue weighted by atomic mass is 16.5. The Labute approximate surface area is 157 Å². The van der Waals surface area contributed by atoms with E-state index in [4.69, 9.17) is 4.74 Å². The number of hydrogen-bond donors (Lipinski definition) is 1. The molecule has 0 aliphatic heterocycles. The van der Waals surface area contributed by atoms with Crippen LogP contribution in [0.4, 0.5) is 0 Å². The molecule has 0 bridgehead atoms. The van der Waals surface area contributed by atoms with Crippen LogP contribution in [-0.2, 0) is 18.3 Å². The predicted molar refractivity (Wildman–Crippen MR) is 105 cm³/mol. The van der Waals surface area contributed by atoms with Crippen LogP contribution in [-0.4, -0.2) is 28.8 Å². The Bertz CT molecular complexity index is 1020. The van der Waals surface area contributed by atoms with Gasteiger partial charge in [0.15, 0.2) is 0 Å². The van der Waals surface area contributed by atoms with Gasteiger partial charge in [-0.2, -0.15) is 5.10 Å². The number of fused-ring (bicyclic) bond motifs is 1. The highest BCUT2D eigenvalue weighted by Gasteiger charge is 2.12. The molecule has 3 rings (SSSR count). The van der Waals surface area contributed by atoms with Crippen molar-refractivity contribution in [2.24, 2.45) is 7.05 Å². The molecular formula is C21H23N3O3. The summed E-state index contributed by atoms with van der Waals surface area (Å²) in [6.45, 7) is 4.78.